The summed E-state index contributed by atoms with van der Waals surface area (Å²) in [5, 5.41) is 2.45. The maximum Gasteiger partial charge on any atom is 0.252 e. The molecule has 0 atom stereocenters. The van der Waals surface area contributed by atoms with Gasteiger partial charge in [0.2, 0.25) is 0 Å². The van der Waals surface area contributed by atoms with Gasteiger partial charge in [-0.1, -0.05) is 437 Å². The molecule has 0 N–H and O–H groups in total. The third-order valence-corrected chi connectivity index (χ3v) is 30.4. The van der Waals surface area contributed by atoms with Gasteiger partial charge in [0.25, 0.3) is 13.4 Å². The second-order valence-electron chi connectivity index (χ2n) is 38.4. The molecule has 0 bridgehead atoms. The molecule has 1 aromatic heterocycles. The van der Waals surface area contributed by atoms with E-state index < -0.39 is 0 Å². The third kappa shape index (κ3) is 14.4. The molecule has 5 nitrogen and oxygen atoms in total. The fourth-order valence-electron chi connectivity index (χ4n) is 23.8. The van der Waals surface area contributed by atoms with E-state index in [9.17, 15) is 0 Å². The molecule has 0 saturated carbocycles. The number of aromatic nitrogens is 1. The van der Waals surface area contributed by atoms with Crippen LogP contribution in [0.25, 0.3) is 161 Å². The standard InChI is InChI=1S/C138H91B2N5/c1-8-32-92(33-9-1)99-66-75-110(76-67-99)141-127-56-28-24-52-121(127)139-123-84-83-114(145-125-54-26-22-46-119(125)120-47-23-27-55-126(120)145)91-130(123)144(134-90-109(87-131(141)137(134)139)136-117(105-42-18-6-19-43-105)50-31-51-118(136)106-44-20-7-21-45-106)113-81-72-102(73-82-113)98-64-60-96(61-65-98)95-58-62-97(63-59-95)101-70-79-111(80-71-101)142-128-57-29-25-53-122(128)140-124-86-107(94-36-12-3-13-37-94)74-85-129(124)143(112-77-68-100(69-78-112)93-34-10-2-11-35-93)133-89-108(88-132(142)138(133)140)135-115(103-38-14-4-15-39-103)48-30-49-116(135)104-40-16-5-17-41-104/h1-91H. The van der Waals surface area contributed by atoms with Gasteiger partial charge in [0, 0.05) is 84.7 Å². The molecule has 4 aliphatic rings. The molecule has 0 fully saturated rings. The van der Waals surface area contributed by atoms with E-state index in [-0.39, 0.29) is 13.4 Å². The highest BCUT2D eigenvalue weighted by atomic mass is 15.2. The SMILES string of the molecule is c1ccc(-c2ccc(N3c4ccc(-c5ccccc5)cc4B4c5ccccc5N(c5ccc(-c6ccc(-c7ccc(-c8ccc(N9c%10cc(-n%11c%12ccccc%12c%12ccccc%12%11)ccc%10B%10c%11ccccc%11N(c%11ccc(-c%12ccccc%12)cc%11)c%11cc(-c%12c(-c%13ccccc%13)cccc%12-c%12ccccc%12)cc9c%11%10)cc8)cc7)cc6)cc5)c5cc(-c6c(-c7ccccc7)cccc6-c6ccccc6)cc3c54)cc2)cc1. The zero-order valence-electron chi connectivity index (χ0n) is 79.4. The highest BCUT2D eigenvalue weighted by Gasteiger charge is 2.47. The topological polar surface area (TPSA) is 17.9 Å². The monoisotopic (exact) mass is 1840 g/mol. The molecule has 24 aromatic rings. The molecule has 0 saturated heterocycles. The molecular formula is C138H91B2N5. The van der Waals surface area contributed by atoms with E-state index in [0.717, 1.165) is 152 Å². The van der Waals surface area contributed by atoms with Crippen LogP contribution in [0.2, 0.25) is 0 Å². The molecule has 0 unspecified atom stereocenters. The average molecular weight is 1840 g/mol. The van der Waals surface area contributed by atoms with E-state index in [0.29, 0.717) is 0 Å². The zero-order chi connectivity index (χ0) is 95.5. The van der Waals surface area contributed by atoms with Crippen LogP contribution in [0.3, 0.4) is 0 Å². The maximum absolute atomic E-state index is 2.59. The Balaban J connectivity index is 0.551. The van der Waals surface area contributed by atoms with Gasteiger partial charge < -0.3 is 24.2 Å². The number of hydrogen-bond acceptors (Lipinski definition) is 4. The molecule has 28 rings (SSSR count). The molecule has 0 spiro atoms. The maximum atomic E-state index is 2.59. The average Bonchev–Trinajstić information content (AvgIpc) is 1.41. The molecule has 0 amide bonds. The number of para-hydroxylation sites is 4. The summed E-state index contributed by atoms with van der Waals surface area (Å²) in [6, 6.07) is 206. The summed E-state index contributed by atoms with van der Waals surface area (Å²) in [7, 11) is 0. The Morgan fingerprint density at radius 1 is 0.131 bits per heavy atom. The number of nitrogens with zero attached hydrogens (tertiary/aromatic N) is 5. The minimum atomic E-state index is -0.140. The first-order chi connectivity index (χ1) is 71.9. The van der Waals surface area contributed by atoms with Gasteiger partial charge in [0.15, 0.2) is 0 Å². The van der Waals surface area contributed by atoms with Crippen molar-refractivity contribution >= 4 is 136 Å². The second-order valence-corrected chi connectivity index (χ2v) is 38.4. The van der Waals surface area contributed by atoms with Crippen molar-refractivity contribution in [2.24, 2.45) is 0 Å². The number of benzene rings is 23. The van der Waals surface area contributed by atoms with E-state index in [4.69, 9.17) is 0 Å². The number of rotatable bonds is 17. The van der Waals surface area contributed by atoms with Crippen LogP contribution in [-0.2, 0) is 0 Å². The Morgan fingerprint density at radius 2 is 0.372 bits per heavy atom. The van der Waals surface area contributed by atoms with E-state index >= 15 is 0 Å². The van der Waals surface area contributed by atoms with Crippen LogP contribution in [0, 0.1) is 0 Å². The van der Waals surface area contributed by atoms with Gasteiger partial charge in [-0.25, -0.2) is 0 Å². The lowest BCUT2D eigenvalue weighted by Crippen LogP contribution is -2.61. The lowest BCUT2D eigenvalue weighted by atomic mass is 9.33. The Bertz CT molecular complexity index is 8950. The van der Waals surface area contributed by atoms with Crippen LogP contribution in [0.1, 0.15) is 0 Å². The van der Waals surface area contributed by atoms with Crippen LogP contribution < -0.4 is 52.4 Å². The Labute approximate surface area is 845 Å². The van der Waals surface area contributed by atoms with Gasteiger partial charge in [-0.15, -0.1) is 0 Å². The second kappa shape index (κ2) is 35.2. The summed E-state index contributed by atoms with van der Waals surface area (Å²) in [4.78, 5) is 10.3. The largest absolute Gasteiger partial charge is 0.311 e. The Hall–Kier alpha value is -18.8. The molecule has 0 aliphatic carbocycles. The molecule has 4 aliphatic heterocycles. The zero-order valence-corrected chi connectivity index (χ0v) is 79.4. The van der Waals surface area contributed by atoms with Crippen LogP contribution in [0.4, 0.5) is 68.2 Å². The van der Waals surface area contributed by atoms with Crippen molar-refractivity contribution < 1.29 is 0 Å². The van der Waals surface area contributed by atoms with Crippen molar-refractivity contribution in [1.82, 2.24) is 4.57 Å². The number of fused-ring (bicyclic) bond motifs is 11. The fraction of sp³-hybridized carbons (Fsp3) is 0. The lowest BCUT2D eigenvalue weighted by molar-refractivity contribution is 1.17. The summed E-state index contributed by atoms with van der Waals surface area (Å²) in [5.74, 6) is 0. The quantitative estimate of drug-likeness (QED) is 0.0845. The number of anilines is 12. The van der Waals surface area contributed by atoms with Gasteiger partial charge >= 0.3 is 0 Å². The minimum absolute atomic E-state index is 0.117. The predicted molar refractivity (Wildman–Crippen MR) is 614 cm³/mol. The highest BCUT2D eigenvalue weighted by Crippen LogP contribution is 2.54. The van der Waals surface area contributed by atoms with Crippen LogP contribution in [-0.4, -0.2) is 18.0 Å². The van der Waals surface area contributed by atoms with Gasteiger partial charge in [-0.3, -0.25) is 0 Å². The molecule has 674 valence electrons. The van der Waals surface area contributed by atoms with Gasteiger partial charge in [0.05, 0.1) is 11.0 Å². The smallest absolute Gasteiger partial charge is 0.252 e. The molecular weight excluding hydrogens is 1750 g/mol. The van der Waals surface area contributed by atoms with Crippen LogP contribution in [0.5, 0.6) is 0 Å². The Kier molecular flexibility index (Phi) is 20.5. The summed E-state index contributed by atoms with van der Waals surface area (Å²) < 4.78 is 2.47. The summed E-state index contributed by atoms with van der Waals surface area (Å²) in [6.45, 7) is -0.257. The summed E-state index contributed by atoms with van der Waals surface area (Å²) in [6.07, 6.45) is 0. The van der Waals surface area contributed by atoms with Crippen molar-refractivity contribution in [3.63, 3.8) is 0 Å². The van der Waals surface area contributed by atoms with E-state index in [2.05, 4.69) is 576 Å². The van der Waals surface area contributed by atoms with Gasteiger partial charge in [-0.05, 0) is 282 Å². The van der Waals surface area contributed by atoms with Crippen molar-refractivity contribution in [2.45, 2.75) is 0 Å². The van der Waals surface area contributed by atoms with Crippen molar-refractivity contribution in [3.8, 4) is 139 Å². The van der Waals surface area contributed by atoms with Crippen molar-refractivity contribution in [2.75, 3.05) is 19.6 Å². The predicted octanol–water partition coefficient (Wildman–Crippen LogP) is 33.0. The first-order valence-corrected chi connectivity index (χ1v) is 50.2. The number of hydrogen-bond donors (Lipinski definition) is 0. The van der Waals surface area contributed by atoms with Gasteiger partial charge in [-0.2, -0.15) is 0 Å². The molecule has 23 aromatic carbocycles. The van der Waals surface area contributed by atoms with Crippen LogP contribution >= 0.6 is 0 Å². The summed E-state index contributed by atoms with van der Waals surface area (Å²) >= 11 is 0. The molecule has 145 heavy (non-hydrogen) atoms. The minimum Gasteiger partial charge on any atom is -0.311 e. The van der Waals surface area contributed by atoms with Crippen molar-refractivity contribution in [3.05, 3.63) is 552 Å². The van der Waals surface area contributed by atoms with Crippen LogP contribution in [0.15, 0.2) is 552 Å². The molecule has 7 heteroatoms. The van der Waals surface area contributed by atoms with E-state index in [1.807, 2.05) is 0 Å². The lowest BCUT2D eigenvalue weighted by Gasteiger charge is -2.44. The van der Waals surface area contributed by atoms with Gasteiger partial charge in [0.1, 0.15) is 0 Å². The Morgan fingerprint density at radius 3 is 0.710 bits per heavy atom. The fourth-order valence-corrected chi connectivity index (χ4v) is 23.8. The highest BCUT2D eigenvalue weighted by molar-refractivity contribution is 7.01. The van der Waals surface area contributed by atoms with E-state index in [1.54, 1.807) is 0 Å². The normalized spacial score (nSPS) is 12.5. The molecule has 5 heterocycles. The summed E-state index contributed by atoms with van der Waals surface area (Å²) in [5.41, 5.74) is 52.2. The molecule has 0 radical (unpaired) electrons. The van der Waals surface area contributed by atoms with E-state index in [1.165, 1.54) is 110 Å². The third-order valence-electron chi connectivity index (χ3n) is 30.4. The first-order valence-electron chi connectivity index (χ1n) is 50.2. The first kappa shape index (κ1) is 84.3. The van der Waals surface area contributed by atoms with Crippen molar-refractivity contribution in [1.29, 1.82) is 0 Å².